The topological polar surface area (TPSA) is 76.2 Å². The van der Waals surface area contributed by atoms with Crippen molar-refractivity contribution < 1.29 is 9.21 Å². The van der Waals surface area contributed by atoms with Gasteiger partial charge in [0.15, 0.2) is 0 Å². The van der Waals surface area contributed by atoms with Gasteiger partial charge in [-0.05, 0) is 31.9 Å². The standard InChI is InChI=1S/C16H21N5O2/c1-11(13-3-2-8-23-13)17-15(22)10-20-6-7-21-14(9-20)18-19-16(21)12-4-5-12/h2-3,8,11-12H,4-7,9-10H2,1H3,(H,17,22)/t11-/m1/s1. The molecule has 1 saturated carbocycles. The first-order chi connectivity index (χ1) is 11.2. The van der Waals surface area contributed by atoms with Crippen LogP contribution >= 0.6 is 0 Å². The summed E-state index contributed by atoms with van der Waals surface area (Å²) in [7, 11) is 0. The molecule has 0 unspecified atom stereocenters. The predicted molar refractivity (Wildman–Crippen MR) is 82.5 cm³/mol. The molecule has 0 aromatic carbocycles. The van der Waals surface area contributed by atoms with Gasteiger partial charge < -0.3 is 14.3 Å². The number of fused-ring (bicyclic) bond motifs is 1. The summed E-state index contributed by atoms with van der Waals surface area (Å²) < 4.78 is 7.55. The van der Waals surface area contributed by atoms with Gasteiger partial charge in [-0.2, -0.15) is 0 Å². The summed E-state index contributed by atoms with van der Waals surface area (Å²) >= 11 is 0. The Bertz CT molecular complexity index is 689. The molecule has 0 spiro atoms. The number of carbonyl (C=O) groups excluding carboxylic acids is 1. The maximum Gasteiger partial charge on any atom is 0.234 e. The maximum atomic E-state index is 12.2. The molecular formula is C16H21N5O2. The summed E-state index contributed by atoms with van der Waals surface area (Å²) in [5, 5.41) is 11.6. The van der Waals surface area contributed by atoms with Gasteiger partial charge in [0.05, 0.1) is 25.4 Å². The lowest BCUT2D eigenvalue weighted by atomic mass is 10.2. The van der Waals surface area contributed by atoms with Crippen molar-refractivity contribution in [3.05, 3.63) is 35.8 Å². The van der Waals surface area contributed by atoms with Gasteiger partial charge in [-0.3, -0.25) is 9.69 Å². The van der Waals surface area contributed by atoms with E-state index in [1.807, 2.05) is 19.1 Å². The number of nitrogens with zero attached hydrogens (tertiary/aromatic N) is 4. The lowest BCUT2D eigenvalue weighted by Crippen LogP contribution is -2.42. The molecule has 2 aliphatic rings. The number of rotatable bonds is 5. The average Bonchev–Trinajstić information content (AvgIpc) is 3.07. The highest BCUT2D eigenvalue weighted by Crippen LogP contribution is 2.39. The van der Waals surface area contributed by atoms with E-state index in [1.165, 1.54) is 12.8 Å². The third-order valence-corrected chi connectivity index (χ3v) is 4.52. The van der Waals surface area contributed by atoms with E-state index in [2.05, 4.69) is 25.0 Å². The quantitative estimate of drug-likeness (QED) is 0.903. The van der Waals surface area contributed by atoms with Gasteiger partial charge >= 0.3 is 0 Å². The lowest BCUT2D eigenvalue weighted by Gasteiger charge is -2.27. The summed E-state index contributed by atoms with van der Waals surface area (Å²) in [4.78, 5) is 14.3. The van der Waals surface area contributed by atoms with Crippen molar-refractivity contribution in [1.29, 1.82) is 0 Å². The molecule has 4 rings (SSSR count). The zero-order valence-electron chi connectivity index (χ0n) is 13.2. The number of furan rings is 1. The number of nitrogens with one attached hydrogen (secondary N) is 1. The van der Waals surface area contributed by atoms with Crippen LogP contribution in [0.4, 0.5) is 0 Å². The molecule has 1 atom stereocenters. The molecule has 2 aromatic rings. The molecule has 1 N–H and O–H groups in total. The van der Waals surface area contributed by atoms with Crippen molar-refractivity contribution in [2.24, 2.45) is 0 Å². The summed E-state index contributed by atoms with van der Waals surface area (Å²) in [6, 6.07) is 3.58. The summed E-state index contributed by atoms with van der Waals surface area (Å²) in [5.74, 6) is 3.50. The number of amides is 1. The molecule has 0 bridgehead atoms. The average molecular weight is 315 g/mol. The van der Waals surface area contributed by atoms with Crippen LogP contribution in [0.25, 0.3) is 0 Å². The Morgan fingerprint density at radius 2 is 2.30 bits per heavy atom. The van der Waals surface area contributed by atoms with E-state index in [-0.39, 0.29) is 11.9 Å². The van der Waals surface area contributed by atoms with Crippen molar-refractivity contribution >= 4 is 5.91 Å². The van der Waals surface area contributed by atoms with E-state index in [9.17, 15) is 4.79 Å². The van der Waals surface area contributed by atoms with E-state index in [4.69, 9.17) is 4.42 Å². The molecular weight excluding hydrogens is 294 g/mol. The minimum absolute atomic E-state index is 0.00396. The Hall–Kier alpha value is -2.15. The van der Waals surface area contributed by atoms with Crippen LogP contribution in [0.3, 0.4) is 0 Å². The van der Waals surface area contributed by atoms with Crippen LogP contribution in [0.1, 0.15) is 49.1 Å². The number of carbonyl (C=O) groups is 1. The number of hydrogen-bond donors (Lipinski definition) is 1. The van der Waals surface area contributed by atoms with E-state index in [1.54, 1.807) is 6.26 Å². The predicted octanol–water partition coefficient (Wildman–Crippen LogP) is 1.44. The maximum absolute atomic E-state index is 12.2. The molecule has 1 aliphatic heterocycles. The molecule has 7 heteroatoms. The van der Waals surface area contributed by atoms with E-state index >= 15 is 0 Å². The van der Waals surface area contributed by atoms with Crippen LogP contribution in [0.15, 0.2) is 22.8 Å². The molecule has 0 radical (unpaired) electrons. The fourth-order valence-electron chi connectivity index (χ4n) is 3.11. The third-order valence-electron chi connectivity index (χ3n) is 4.52. The highest BCUT2D eigenvalue weighted by Gasteiger charge is 2.32. The fourth-order valence-corrected chi connectivity index (χ4v) is 3.11. The first-order valence-electron chi connectivity index (χ1n) is 8.18. The smallest absolute Gasteiger partial charge is 0.234 e. The Labute approximate surface area is 134 Å². The zero-order chi connectivity index (χ0) is 15.8. The fraction of sp³-hybridized carbons (Fsp3) is 0.562. The van der Waals surface area contributed by atoms with Crippen molar-refractivity contribution in [2.45, 2.75) is 44.8 Å². The number of hydrogen-bond acceptors (Lipinski definition) is 5. The molecule has 1 aliphatic carbocycles. The van der Waals surface area contributed by atoms with Gasteiger partial charge in [-0.25, -0.2) is 0 Å². The monoisotopic (exact) mass is 315 g/mol. The lowest BCUT2D eigenvalue weighted by molar-refractivity contribution is -0.123. The Balaban J connectivity index is 1.33. The van der Waals surface area contributed by atoms with Gasteiger partial charge in [0.2, 0.25) is 5.91 Å². The van der Waals surface area contributed by atoms with Crippen molar-refractivity contribution in [2.75, 3.05) is 13.1 Å². The Morgan fingerprint density at radius 1 is 1.43 bits per heavy atom. The van der Waals surface area contributed by atoms with E-state index < -0.39 is 0 Å². The van der Waals surface area contributed by atoms with Gasteiger partial charge in [0, 0.05) is 19.0 Å². The summed E-state index contributed by atoms with van der Waals surface area (Å²) in [5.41, 5.74) is 0. The van der Waals surface area contributed by atoms with Crippen LogP contribution in [-0.4, -0.2) is 38.7 Å². The molecule has 122 valence electrons. The minimum atomic E-state index is -0.118. The molecule has 1 amide bonds. The second-order valence-corrected chi connectivity index (χ2v) is 6.42. The summed E-state index contributed by atoms with van der Waals surface area (Å²) in [6.45, 7) is 4.70. The number of aromatic nitrogens is 3. The highest BCUT2D eigenvalue weighted by atomic mass is 16.3. The first-order valence-corrected chi connectivity index (χ1v) is 8.18. The van der Waals surface area contributed by atoms with Crippen LogP contribution < -0.4 is 5.32 Å². The van der Waals surface area contributed by atoms with Crippen molar-refractivity contribution in [3.8, 4) is 0 Å². The van der Waals surface area contributed by atoms with E-state index in [0.29, 0.717) is 19.0 Å². The Morgan fingerprint density at radius 3 is 3.04 bits per heavy atom. The molecule has 7 nitrogen and oxygen atoms in total. The molecule has 2 aromatic heterocycles. The van der Waals surface area contributed by atoms with Gasteiger partial charge in [-0.15, -0.1) is 10.2 Å². The zero-order valence-corrected chi connectivity index (χ0v) is 13.2. The van der Waals surface area contributed by atoms with Gasteiger partial charge in [-0.1, -0.05) is 0 Å². The molecule has 23 heavy (non-hydrogen) atoms. The van der Waals surface area contributed by atoms with Crippen LogP contribution in [0, 0.1) is 0 Å². The summed E-state index contributed by atoms with van der Waals surface area (Å²) in [6.07, 6.45) is 4.08. The first kappa shape index (κ1) is 14.4. The SMILES string of the molecule is C[C@@H](NC(=O)CN1CCn2c(nnc2C2CC2)C1)c1ccco1. The van der Waals surface area contributed by atoms with Crippen molar-refractivity contribution in [3.63, 3.8) is 0 Å². The Kier molecular flexibility index (Phi) is 3.65. The van der Waals surface area contributed by atoms with Crippen LogP contribution in [0.5, 0.6) is 0 Å². The molecule has 0 saturated heterocycles. The molecule has 3 heterocycles. The normalized spacial score (nSPS) is 19.3. The highest BCUT2D eigenvalue weighted by molar-refractivity contribution is 5.78. The van der Waals surface area contributed by atoms with E-state index in [0.717, 1.165) is 30.5 Å². The largest absolute Gasteiger partial charge is 0.467 e. The van der Waals surface area contributed by atoms with Crippen LogP contribution in [-0.2, 0) is 17.9 Å². The second kappa shape index (κ2) is 5.81. The molecule has 1 fully saturated rings. The third kappa shape index (κ3) is 3.01. The van der Waals surface area contributed by atoms with Gasteiger partial charge in [0.1, 0.15) is 17.4 Å². The van der Waals surface area contributed by atoms with Gasteiger partial charge in [0.25, 0.3) is 0 Å². The van der Waals surface area contributed by atoms with Crippen molar-refractivity contribution in [1.82, 2.24) is 25.0 Å². The minimum Gasteiger partial charge on any atom is -0.467 e. The van der Waals surface area contributed by atoms with Crippen LogP contribution in [0.2, 0.25) is 0 Å². The second-order valence-electron chi connectivity index (χ2n) is 6.42.